The van der Waals surface area contributed by atoms with Crippen LogP contribution < -0.4 is 5.32 Å². The van der Waals surface area contributed by atoms with Crippen molar-refractivity contribution in [3.8, 4) is 11.3 Å². The van der Waals surface area contributed by atoms with E-state index < -0.39 is 0 Å². The summed E-state index contributed by atoms with van der Waals surface area (Å²) in [6.07, 6.45) is 2.65. The van der Waals surface area contributed by atoms with Gasteiger partial charge >= 0.3 is 0 Å². The van der Waals surface area contributed by atoms with Crippen LogP contribution in [0.3, 0.4) is 0 Å². The monoisotopic (exact) mass is 412 g/mol. The van der Waals surface area contributed by atoms with Gasteiger partial charge in [0.25, 0.3) is 5.91 Å². The predicted molar refractivity (Wildman–Crippen MR) is 113 cm³/mol. The molecule has 28 heavy (non-hydrogen) atoms. The van der Waals surface area contributed by atoms with Gasteiger partial charge in [-0.1, -0.05) is 23.2 Å². The molecule has 2 N–H and O–H groups in total. The molecule has 4 nitrogen and oxygen atoms in total. The molecule has 2 heterocycles. The zero-order valence-corrected chi connectivity index (χ0v) is 16.7. The Balaban J connectivity index is 1.44. The van der Waals surface area contributed by atoms with Crippen molar-refractivity contribution in [2.24, 2.45) is 0 Å². The number of hydrogen-bond acceptors (Lipinski definition) is 2. The van der Waals surface area contributed by atoms with Gasteiger partial charge in [0.1, 0.15) is 11.5 Å². The number of hydrogen-bond donors (Lipinski definition) is 2. The average Bonchev–Trinajstić information content (AvgIpc) is 3.26. The summed E-state index contributed by atoms with van der Waals surface area (Å²) in [6.45, 7) is 2.30. The predicted octanol–water partition coefficient (Wildman–Crippen LogP) is 6.02. The van der Waals surface area contributed by atoms with Crippen LogP contribution in [0.5, 0.6) is 0 Å². The largest absolute Gasteiger partial charge is 0.461 e. The second-order valence-corrected chi connectivity index (χ2v) is 7.47. The van der Waals surface area contributed by atoms with E-state index in [4.69, 9.17) is 27.6 Å². The van der Waals surface area contributed by atoms with E-state index in [1.54, 1.807) is 25.1 Å². The molecule has 142 valence electrons. The average molecular weight is 413 g/mol. The topological polar surface area (TPSA) is 58.0 Å². The van der Waals surface area contributed by atoms with E-state index in [0.29, 0.717) is 40.1 Å². The number of amides is 1. The standard InChI is InChI=1S/C22H18Cl2N2O2/c1-13-18(11-21(28-13)14-2-4-16(23)5-3-14)22(27)25-9-8-15-12-26-20-7-6-17(24)10-19(15)20/h2-7,10-12,26H,8-9H2,1H3,(H,25,27). The van der Waals surface area contributed by atoms with Crippen molar-refractivity contribution < 1.29 is 9.21 Å². The fraction of sp³-hybridized carbons (Fsp3) is 0.136. The molecule has 0 aliphatic rings. The lowest BCUT2D eigenvalue weighted by Crippen LogP contribution is -2.25. The summed E-state index contributed by atoms with van der Waals surface area (Å²) in [4.78, 5) is 15.8. The highest BCUT2D eigenvalue weighted by Crippen LogP contribution is 2.27. The van der Waals surface area contributed by atoms with Crippen LogP contribution in [0, 0.1) is 6.92 Å². The second-order valence-electron chi connectivity index (χ2n) is 6.60. The first-order valence-electron chi connectivity index (χ1n) is 8.91. The summed E-state index contributed by atoms with van der Waals surface area (Å²) in [5, 5.41) is 5.39. The molecule has 0 aliphatic heterocycles. The summed E-state index contributed by atoms with van der Waals surface area (Å²) >= 11 is 12.0. The number of halogens is 2. The van der Waals surface area contributed by atoms with Crippen LogP contribution in [-0.2, 0) is 6.42 Å². The van der Waals surface area contributed by atoms with Gasteiger partial charge in [0.2, 0.25) is 0 Å². The van der Waals surface area contributed by atoms with Crippen molar-refractivity contribution in [2.75, 3.05) is 6.54 Å². The highest BCUT2D eigenvalue weighted by Gasteiger charge is 2.16. The lowest BCUT2D eigenvalue weighted by molar-refractivity contribution is 0.0952. The third kappa shape index (κ3) is 3.79. The smallest absolute Gasteiger partial charge is 0.254 e. The first-order chi connectivity index (χ1) is 13.5. The van der Waals surface area contributed by atoms with E-state index in [0.717, 1.165) is 22.0 Å². The number of fused-ring (bicyclic) bond motifs is 1. The molecule has 1 amide bonds. The van der Waals surface area contributed by atoms with Crippen molar-refractivity contribution in [3.63, 3.8) is 0 Å². The van der Waals surface area contributed by atoms with Crippen molar-refractivity contribution >= 4 is 40.0 Å². The summed E-state index contributed by atoms with van der Waals surface area (Å²) < 4.78 is 5.76. The van der Waals surface area contributed by atoms with Gasteiger partial charge in [0, 0.05) is 39.3 Å². The second kappa shape index (κ2) is 7.74. The number of rotatable bonds is 5. The van der Waals surface area contributed by atoms with E-state index in [1.807, 2.05) is 36.5 Å². The molecule has 0 spiro atoms. The number of carbonyl (C=O) groups excluding carboxylic acids is 1. The Morgan fingerprint density at radius 1 is 1.07 bits per heavy atom. The molecule has 2 aromatic carbocycles. The van der Waals surface area contributed by atoms with Gasteiger partial charge in [-0.25, -0.2) is 0 Å². The SMILES string of the molecule is Cc1oc(-c2ccc(Cl)cc2)cc1C(=O)NCCc1c[nH]c2ccc(Cl)cc12. The van der Waals surface area contributed by atoms with Gasteiger partial charge in [-0.3, -0.25) is 4.79 Å². The van der Waals surface area contributed by atoms with E-state index in [1.165, 1.54) is 0 Å². The maximum atomic E-state index is 12.6. The van der Waals surface area contributed by atoms with Crippen LogP contribution in [0.25, 0.3) is 22.2 Å². The Kier molecular flexibility index (Phi) is 5.16. The lowest BCUT2D eigenvalue weighted by atomic mass is 10.1. The maximum absolute atomic E-state index is 12.6. The van der Waals surface area contributed by atoms with Crippen molar-refractivity contribution in [1.29, 1.82) is 0 Å². The van der Waals surface area contributed by atoms with Gasteiger partial charge in [-0.05, 0) is 67.4 Å². The molecular formula is C22H18Cl2N2O2. The molecule has 0 aliphatic carbocycles. The first-order valence-corrected chi connectivity index (χ1v) is 9.67. The summed E-state index contributed by atoms with van der Waals surface area (Å²) in [5.41, 5.74) is 3.56. The normalized spacial score (nSPS) is 11.1. The number of aromatic nitrogens is 1. The Bertz CT molecular complexity index is 1140. The molecule has 0 saturated carbocycles. The molecule has 6 heteroatoms. The lowest BCUT2D eigenvalue weighted by Gasteiger charge is -2.04. The molecule has 0 saturated heterocycles. The maximum Gasteiger partial charge on any atom is 0.254 e. The van der Waals surface area contributed by atoms with Crippen LogP contribution in [0.2, 0.25) is 10.0 Å². The van der Waals surface area contributed by atoms with E-state index in [9.17, 15) is 4.79 Å². The van der Waals surface area contributed by atoms with Crippen LogP contribution in [0.1, 0.15) is 21.7 Å². The third-order valence-electron chi connectivity index (χ3n) is 4.70. The molecule has 0 atom stereocenters. The Labute approximate surface area is 172 Å². The van der Waals surface area contributed by atoms with Crippen molar-refractivity contribution in [3.05, 3.63) is 81.7 Å². The number of furan rings is 1. The quantitative estimate of drug-likeness (QED) is 0.421. The molecule has 4 rings (SSSR count). The highest BCUT2D eigenvalue weighted by atomic mass is 35.5. The van der Waals surface area contributed by atoms with Gasteiger partial charge in [0.05, 0.1) is 5.56 Å². The zero-order chi connectivity index (χ0) is 19.7. The van der Waals surface area contributed by atoms with Crippen LogP contribution in [-0.4, -0.2) is 17.4 Å². The minimum Gasteiger partial charge on any atom is -0.461 e. The molecular weight excluding hydrogens is 395 g/mol. The fourth-order valence-corrected chi connectivity index (χ4v) is 3.53. The molecule has 0 fully saturated rings. The zero-order valence-electron chi connectivity index (χ0n) is 15.2. The Morgan fingerprint density at radius 3 is 2.61 bits per heavy atom. The number of carbonyl (C=O) groups is 1. The number of benzene rings is 2. The van der Waals surface area contributed by atoms with Gasteiger partial charge in [0.15, 0.2) is 0 Å². The summed E-state index contributed by atoms with van der Waals surface area (Å²) in [7, 11) is 0. The molecule has 0 radical (unpaired) electrons. The molecule has 0 unspecified atom stereocenters. The van der Waals surface area contributed by atoms with E-state index in [-0.39, 0.29) is 5.91 Å². The number of nitrogens with one attached hydrogen (secondary N) is 2. The van der Waals surface area contributed by atoms with E-state index >= 15 is 0 Å². The van der Waals surface area contributed by atoms with Gasteiger partial charge < -0.3 is 14.7 Å². The van der Waals surface area contributed by atoms with Gasteiger partial charge in [-0.15, -0.1) is 0 Å². The minimum absolute atomic E-state index is 0.153. The molecule has 4 aromatic rings. The molecule has 0 bridgehead atoms. The first kappa shape index (κ1) is 18.7. The summed E-state index contributed by atoms with van der Waals surface area (Å²) in [5.74, 6) is 1.08. The fourth-order valence-electron chi connectivity index (χ4n) is 3.23. The van der Waals surface area contributed by atoms with Crippen LogP contribution >= 0.6 is 23.2 Å². The minimum atomic E-state index is -0.153. The Morgan fingerprint density at radius 2 is 1.82 bits per heavy atom. The van der Waals surface area contributed by atoms with Crippen LogP contribution in [0.4, 0.5) is 0 Å². The number of aromatic amines is 1. The third-order valence-corrected chi connectivity index (χ3v) is 5.19. The van der Waals surface area contributed by atoms with Crippen molar-refractivity contribution in [1.82, 2.24) is 10.3 Å². The van der Waals surface area contributed by atoms with Crippen molar-refractivity contribution in [2.45, 2.75) is 13.3 Å². The highest BCUT2D eigenvalue weighted by molar-refractivity contribution is 6.31. The number of H-pyrrole nitrogens is 1. The summed E-state index contributed by atoms with van der Waals surface area (Å²) in [6, 6.07) is 14.8. The van der Waals surface area contributed by atoms with E-state index in [2.05, 4.69) is 10.3 Å². The Hall–Kier alpha value is -2.69. The molecule has 2 aromatic heterocycles. The van der Waals surface area contributed by atoms with Gasteiger partial charge in [-0.2, -0.15) is 0 Å². The van der Waals surface area contributed by atoms with Crippen LogP contribution in [0.15, 0.2) is 59.1 Å². The number of aryl methyl sites for hydroxylation is 1.